The molecule has 0 aliphatic heterocycles. The first kappa shape index (κ1) is 15.0. The summed E-state index contributed by atoms with van der Waals surface area (Å²) in [5.41, 5.74) is -2.01. The summed E-state index contributed by atoms with van der Waals surface area (Å²) in [5.74, 6) is -0.460. The molecule has 0 bridgehead atoms. The molecule has 1 heterocycles. The monoisotopic (exact) mass is 269 g/mol. The molecule has 1 aromatic rings. The van der Waals surface area contributed by atoms with Crippen LogP contribution in [0, 0.1) is 5.41 Å². The fraction of sp³-hybridized carbons (Fsp3) is 0.583. The molecule has 19 heavy (non-hydrogen) atoms. The van der Waals surface area contributed by atoms with E-state index >= 15 is 0 Å². The smallest absolute Gasteiger partial charge is 0.315 e. The van der Waals surface area contributed by atoms with Crippen LogP contribution in [0.5, 0.6) is 0 Å². The minimum Gasteiger partial charge on any atom is -0.481 e. The molecular weight excluding hydrogens is 250 g/mol. The maximum atomic E-state index is 11.7. The van der Waals surface area contributed by atoms with Gasteiger partial charge in [0.25, 0.3) is 0 Å². The number of amides is 2. The largest absolute Gasteiger partial charge is 0.481 e. The van der Waals surface area contributed by atoms with Gasteiger partial charge in [0.1, 0.15) is 0 Å². The highest BCUT2D eigenvalue weighted by Crippen LogP contribution is 2.30. The van der Waals surface area contributed by atoms with Crippen molar-refractivity contribution in [1.82, 2.24) is 15.8 Å². The number of carboxylic acid groups (broad SMARTS) is 1. The van der Waals surface area contributed by atoms with Gasteiger partial charge in [0.15, 0.2) is 5.76 Å². The summed E-state index contributed by atoms with van der Waals surface area (Å²) < 4.78 is 4.83. The first-order chi connectivity index (χ1) is 8.67. The van der Waals surface area contributed by atoms with E-state index in [0.29, 0.717) is 5.76 Å². The number of carboxylic acids is 1. The Balaban J connectivity index is 2.58. The van der Waals surface area contributed by atoms with E-state index in [2.05, 4.69) is 15.8 Å². The number of aliphatic carboxylic acids is 1. The lowest BCUT2D eigenvalue weighted by molar-refractivity contribution is -0.150. The molecule has 0 spiro atoms. The Morgan fingerprint density at radius 2 is 2.00 bits per heavy atom. The standard InChI is InChI=1S/C12H19N3O4/c1-11(2,9(16)17)12(3,4)15-10(18)13-7-8-5-6-14-19-8/h5-6H,7H2,1-4H3,(H,16,17)(H2,13,15,18). The molecule has 1 aromatic heterocycles. The quantitative estimate of drug-likeness (QED) is 0.748. The molecule has 3 N–H and O–H groups in total. The summed E-state index contributed by atoms with van der Waals surface area (Å²) in [6, 6.07) is 1.17. The van der Waals surface area contributed by atoms with Crippen LogP contribution >= 0.6 is 0 Å². The summed E-state index contributed by atoms with van der Waals surface area (Å²) in [7, 11) is 0. The number of urea groups is 1. The highest BCUT2D eigenvalue weighted by molar-refractivity contribution is 5.79. The number of nitrogens with zero attached hydrogens (tertiary/aromatic N) is 1. The average Bonchev–Trinajstić information content (AvgIpc) is 2.78. The van der Waals surface area contributed by atoms with Gasteiger partial charge in [-0.2, -0.15) is 0 Å². The summed E-state index contributed by atoms with van der Waals surface area (Å²) in [6.07, 6.45) is 1.48. The second kappa shape index (κ2) is 5.29. The van der Waals surface area contributed by atoms with Gasteiger partial charge in [-0.25, -0.2) is 4.79 Å². The number of hydrogen-bond donors (Lipinski definition) is 3. The van der Waals surface area contributed by atoms with E-state index in [1.807, 2.05) is 0 Å². The lowest BCUT2D eigenvalue weighted by Crippen LogP contribution is -2.58. The van der Waals surface area contributed by atoms with Crippen LogP contribution in [0.2, 0.25) is 0 Å². The van der Waals surface area contributed by atoms with Crippen molar-refractivity contribution in [3.05, 3.63) is 18.0 Å². The molecule has 1 rings (SSSR count). The number of hydrogen-bond acceptors (Lipinski definition) is 4. The van der Waals surface area contributed by atoms with Gasteiger partial charge in [0.05, 0.1) is 23.7 Å². The highest BCUT2D eigenvalue weighted by atomic mass is 16.5. The Kier molecular flexibility index (Phi) is 4.18. The second-order valence-corrected chi connectivity index (χ2v) is 5.34. The summed E-state index contributed by atoms with van der Waals surface area (Å²) >= 11 is 0. The SMILES string of the molecule is CC(C)(NC(=O)NCc1ccno1)C(C)(C)C(=O)O. The van der Waals surface area contributed by atoms with E-state index in [1.54, 1.807) is 33.8 Å². The van der Waals surface area contributed by atoms with Gasteiger partial charge >= 0.3 is 12.0 Å². The van der Waals surface area contributed by atoms with E-state index in [9.17, 15) is 14.7 Å². The van der Waals surface area contributed by atoms with E-state index in [0.717, 1.165) is 0 Å². The topological polar surface area (TPSA) is 104 Å². The van der Waals surface area contributed by atoms with Crippen LogP contribution in [0.4, 0.5) is 4.79 Å². The number of aromatic nitrogens is 1. The molecule has 0 aromatic carbocycles. The minimum atomic E-state index is -1.10. The fourth-order valence-electron chi connectivity index (χ4n) is 1.25. The Hall–Kier alpha value is -2.05. The maximum Gasteiger partial charge on any atom is 0.315 e. The zero-order valence-electron chi connectivity index (χ0n) is 11.5. The third-order valence-corrected chi connectivity index (χ3v) is 3.44. The zero-order chi connectivity index (χ0) is 14.7. The first-order valence-electron chi connectivity index (χ1n) is 5.86. The van der Waals surface area contributed by atoms with Crippen LogP contribution in [0.3, 0.4) is 0 Å². The van der Waals surface area contributed by atoms with Crippen molar-refractivity contribution in [2.24, 2.45) is 5.41 Å². The Morgan fingerprint density at radius 3 is 2.47 bits per heavy atom. The number of carbonyl (C=O) groups excluding carboxylic acids is 1. The summed E-state index contributed by atoms with van der Waals surface area (Å²) in [6.45, 7) is 6.64. The van der Waals surface area contributed by atoms with Gasteiger partial charge in [-0.1, -0.05) is 5.16 Å². The molecule has 0 radical (unpaired) electrons. The van der Waals surface area contributed by atoms with Crippen LogP contribution in [-0.4, -0.2) is 27.8 Å². The molecule has 0 aliphatic rings. The molecule has 2 amide bonds. The number of carbonyl (C=O) groups is 2. The van der Waals surface area contributed by atoms with Crippen molar-refractivity contribution in [2.45, 2.75) is 39.8 Å². The highest BCUT2D eigenvalue weighted by Gasteiger charge is 2.44. The summed E-state index contributed by atoms with van der Waals surface area (Å²) in [4.78, 5) is 22.9. The molecule has 7 heteroatoms. The van der Waals surface area contributed by atoms with E-state index < -0.39 is 23.0 Å². The van der Waals surface area contributed by atoms with Crippen molar-refractivity contribution >= 4 is 12.0 Å². The lowest BCUT2D eigenvalue weighted by Gasteiger charge is -2.38. The first-order valence-corrected chi connectivity index (χ1v) is 5.86. The fourth-order valence-corrected chi connectivity index (χ4v) is 1.25. The molecule has 0 saturated heterocycles. The van der Waals surface area contributed by atoms with Gasteiger partial charge in [-0.15, -0.1) is 0 Å². The van der Waals surface area contributed by atoms with Crippen LogP contribution in [-0.2, 0) is 11.3 Å². The molecule has 0 aliphatic carbocycles. The van der Waals surface area contributed by atoms with Crippen molar-refractivity contribution in [3.8, 4) is 0 Å². The van der Waals surface area contributed by atoms with E-state index in [1.165, 1.54) is 6.20 Å². The second-order valence-electron chi connectivity index (χ2n) is 5.34. The van der Waals surface area contributed by atoms with Gasteiger partial charge in [-0.05, 0) is 27.7 Å². The molecule has 7 nitrogen and oxygen atoms in total. The lowest BCUT2D eigenvalue weighted by atomic mass is 9.74. The Labute approximate surface area is 111 Å². The van der Waals surface area contributed by atoms with Crippen molar-refractivity contribution in [3.63, 3.8) is 0 Å². The number of rotatable bonds is 5. The van der Waals surface area contributed by atoms with Crippen LogP contribution < -0.4 is 10.6 Å². The van der Waals surface area contributed by atoms with Crippen LogP contribution in [0.25, 0.3) is 0 Å². The zero-order valence-corrected chi connectivity index (χ0v) is 11.5. The molecule has 0 saturated carbocycles. The van der Waals surface area contributed by atoms with Crippen molar-refractivity contribution in [1.29, 1.82) is 0 Å². The van der Waals surface area contributed by atoms with Crippen LogP contribution in [0.1, 0.15) is 33.5 Å². The van der Waals surface area contributed by atoms with E-state index in [-0.39, 0.29) is 6.54 Å². The minimum absolute atomic E-state index is 0.190. The molecule has 0 unspecified atom stereocenters. The van der Waals surface area contributed by atoms with Gasteiger partial charge in [0.2, 0.25) is 0 Å². The number of nitrogens with one attached hydrogen (secondary N) is 2. The predicted molar refractivity (Wildman–Crippen MR) is 67.4 cm³/mol. The molecule has 0 atom stereocenters. The predicted octanol–water partition coefficient (Wildman–Crippen LogP) is 1.36. The Morgan fingerprint density at radius 1 is 1.37 bits per heavy atom. The maximum absolute atomic E-state index is 11.7. The van der Waals surface area contributed by atoms with Gasteiger partial charge in [0, 0.05) is 6.07 Å². The molecule has 106 valence electrons. The van der Waals surface area contributed by atoms with Crippen LogP contribution in [0.15, 0.2) is 16.8 Å². The summed E-state index contributed by atoms with van der Waals surface area (Å²) in [5, 5.41) is 17.9. The van der Waals surface area contributed by atoms with Gasteiger partial charge < -0.3 is 20.3 Å². The van der Waals surface area contributed by atoms with Gasteiger partial charge in [-0.3, -0.25) is 4.79 Å². The normalized spacial score (nSPS) is 12.0. The van der Waals surface area contributed by atoms with Crippen molar-refractivity contribution in [2.75, 3.05) is 0 Å². The average molecular weight is 269 g/mol. The third kappa shape index (κ3) is 3.46. The molecular formula is C12H19N3O4. The van der Waals surface area contributed by atoms with Crippen molar-refractivity contribution < 1.29 is 19.2 Å². The third-order valence-electron chi connectivity index (χ3n) is 3.44. The Bertz CT molecular complexity index is 452. The van der Waals surface area contributed by atoms with E-state index in [4.69, 9.17) is 4.52 Å². The molecule has 0 fully saturated rings.